The Morgan fingerprint density at radius 3 is 3.00 bits per heavy atom. The number of ether oxygens (including phenoxy) is 1. The van der Waals surface area contributed by atoms with E-state index in [0.29, 0.717) is 6.04 Å². The lowest BCUT2D eigenvalue weighted by atomic mass is 10.2. The minimum Gasteiger partial charge on any atom is -0.494 e. The van der Waals surface area contributed by atoms with Crippen LogP contribution in [-0.4, -0.2) is 22.2 Å². The van der Waals surface area contributed by atoms with Gasteiger partial charge >= 0.3 is 0 Å². The first kappa shape index (κ1) is 14.6. The summed E-state index contributed by atoms with van der Waals surface area (Å²) in [4.78, 5) is 4.02. The zero-order valence-electron chi connectivity index (χ0n) is 12.2. The number of hydrogen-bond donors (Lipinski definition) is 1. The molecule has 1 aromatic heterocycles. The predicted molar refractivity (Wildman–Crippen MR) is 80.8 cm³/mol. The highest BCUT2D eigenvalue weighted by Crippen LogP contribution is 2.13. The summed E-state index contributed by atoms with van der Waals surface area (Å²) in [5, 5.41) is 3.41. The summed E-state index contributed by atoms with van der Waals surface area (Å²) in [7, 11) is 0. The molecule has 0 fully saturated rings. The van der Waals surface area contributed by atoms with Crippen LogP contribution in [0.4, 0.5) is 0 Å². The number of nitrogens with one attached hydrogen (secondary N) is 1. The highest BCUT2D eigenvalue weighted by atomic mass is 16.5. The van der Waals surface area contributed by atoms with E-state index in [9.17, 15) is 0 Å². The van der Waals surface area contributed by atoms with Gasteiger partial charge in [-0.15, -0.1) is 0 Å². The third-order valence-electron chi connectivity index (χ3n) is 3.00. The van der Waals surface area contributed by atoms with Crippen molar-refractivity contribution in [3.8, 4) is 5.75 Å². The Morgan fingerprint density at radius 2 is 2.25 bits per heavy atom. The molecule has 20 heavy (non-hydrogen) atoms. The molecule has 4 heteroatoms. The molecule has 4 nitrogen and oxygen atoms in total. The number of hydrogen-bond acceptors (Lipinski definition) is 3. The fraction of sp³-hybridized carbons (Fsp3) is 0.438. The SMILES string of the molecule is CC(C)NCc1cccc(OCCCn2ccnc2)c1. The normalized spacial score (nSPS) is 10.9. The lowest BCUT2D eigenvalue weighted by molar-refractivity contribution is 0.301. The summed E-state index contributed by atoms with van der Waals surface area (Å²) in [6.45, 7) is 6.84. The van der Waals surface area contributed by atoms with Crippen molar-refractivity contribution in [1.29, 1.82) is 0 Å². The van der Waals surface area contributed by atoms with Crippen molar-refractivity contribution in [2.75, 3.05) is 6.61 Å². The number of nitrogens with zero attached hydrogens (tertiary/aromatic N) is 2. The Balaban J connectivity index is 1.73. The van der Waals surface area contributed by atoms with Gasteiger partial charge in [-0.05, 0) is 24.1 Å². The maximum Gasteiger partial charge on any atom is 0.119 e. The van der Waals surface area contributed by atoms with Gasteiger partial charge in [0.15, 0.2) is 0 Å². The van der Waals surface area contributed by atoms with Gasteiger partial charge in [0.2, 0.25) is 0 Å². The van der Waals surface area contributed by atoms with Crippen LogP contribution in [0.2, 0.25) is 0 Å². The summed E-state index contributed by atoms with van der Waals surface area (Å²) >= 11 is 0. The van der Waals surface area contributed by atoms with Crippen molar-refractivity contribution in [2.24, 2.45) is 0 Å². The van der Waals surface area contributed by atoms with E-state index in [1.807, 2.05) is 24.7 Å². The molecular formula is C16H23N3O. The van der Waals surface area contributed by atoms with Crippen molar-refractivity contribution in [3.63, 3.8) is 0 Å². The highest BCUT2D eigenvalue weighted by Gasteiger charge is 1.99. The molecule has 108 valence electrons. The van der Waals surface area contributed by atoms with E-state index in [0.717, 1.165) is 31.9 Å². The summed E-state index contributed by atoms with van der Waals surface area (Å²) in [6.07, 6.45) is 6.58. The lowest BCUT2D eigenvalue weighted by Crippen LogP contribution is -2.21. The molecule has 0 unspecified atom stereocenters. The Kier molecular flexibility index (Phi) is 5.62. The molecule has 1 heterocycles. The maximum atomic E-state index is 5.79. The fourth-order valence-electron chi connectivity index (χ4n) is 1.92. The van der Waals surface area contributed by atoms with E-state index in [1.54, 1.807) is 6.20 Å². The molecule has 1 N–H and O–H groups in total. The van der Waals surface area contributed by atoms with Crippen LogP contribution >= 0.6 is 0 Å². The largest absolute Gasteiger partial charge is 0.494 e. The quantitative estimate of drug-likeness (QED) is 0.752. The van der Waals surface area contributed by atoms with Crippen LogP contribution < -0.4 is 10.1 Å². The van der Waals surface area contributed by atoms with Crippen molar-refractivity contribution < 1.29 is 4.74 Å². The van der Waals surface area contributed by atoms with Gasteiger partial charge in [0, 0.05) is 31.5 Å². The molecule has 0 radical (unpaired) electrons. The molecule has 0 atom stereocenters. The molecule has 0 spiro atoms. The zero-order chi connectivity index (χ0) is 14.2. The van der Waals surface area contributed by atoms with Crippen molar-refractivity contribution >= 4 is 0 Å². The second-order valence-corrected chi connectivity index (χ2v) is 5.19. The average molecular weight is 273 g/mol. The van der Waals surface area contributed by atoms with Gasteiger partial charge in [0.1, 0.15) is 5.75 Å². The summed E-state index contributed by atoms with van der Waals surface area (Å²) in [5.41, 5.74) is 1.26. The maximum absolute atomic E-state index is 5.79. The van der Waals surface area contributed by atoms with Gasteiger partial charge in [-0.2, -0.15) is 0 Å². The molecule has 2 rings (SSSR count). The number of aryl methyl sites for hydroxylation is 1. The summed E-state index contributed by atoms with van der Waals surface area (Å²) in [6, 6.07) is 8.77. The summed E-state index contributed by atoms with van der Waals surface area (Å²) in [5.74, 6) is 0.943. The van der Waals surface area contributed by atoms with E-state index in [1.165, 1.54) is 5.56 Å². The molecule has 0 amide bonds. The first-order chi connectivity index (χ1) is 9.74. The van der Waals surface area contributed by atoms with Crippen LogP contribution in [-0.2, 0) is 13.1 Å². The van der Waals surface area contributed by atoms with Crippen molar-refractivity contribution in [1.82, 2.24) is 14.9 Å². The van der Waals surface area contributed by atoms with Crippen LogP contribution in [0, 0.1) is 0 Å². The number of benzene rings is 1. The third kappa shape index (κ3) is 5.05. The monoisotopic (exact) mass is 273 g/mol. The minimum absolute atomic E-state index is 0.495. The van der Waals surface area contributed by atoms with Gasteiger partial charge in [0.05, 0.1) is 12.9 Å². The second-order valence-electron chi connectivity index (χ2n) is 5.19. The number of aromatic nitrogens is 2. The zero-order valence-corrected chi connectivity index (χ0v) is 12.2. The Bertz CT molecular complexity index is 494. The Hall–Kier alpha value is -1.81. The minimum atomic E-state index is 0.495. The van der Waals surface area contributed by atoms with Gasteiger partial charge in [0.25, 0.3) is 0 Å². The van der Waals surface area contributed by atoms with Gasteiger partial charge in [-0.1, -0.05) is 26.0 Å². The van der Waals surface area contributed by atoms with Crippen LogP contribution in [0.15, 0.2) is 43.0 Å². The fourth-order valence-corrected chi connectivity index (χ4v) is 1.92. The second kappa shape index (κ2) is 7.70. The Labute approximate surface area is 120 Å². The molecule has 0 aliphatic carbocycles. The highest BCUT2D eigenvalue weighted by molar-refractivity contribution is 5.28. The van der Waals surface area contributed by atoms with Gasteiger partial charge in [-0.25, -0.2) is 4.98 Å². The van der Waals surface area contributed by atoms with Gasteiger partial charge < -0.3 is 14.6 Å². The first-order valence-corrected chi connectivity index (χ1v) is 7.15. The smallest absolute Gasteiger partial charge is 0.119 e. The van der Waals surface area contributed by atoms with Crippen molar-refractivity contribution in [3.05, 3.63) is 48.5 Å². The topological polar surface area (TPSA) is 39.1 Å². The van der Waals surface area contributed by atoms with Crippen LogP contribution in [0.1, 0.15) is 25.8 Å². The van der Waals surface area contributed by atoms with E-state index in [4.69, 9.17) is 4.74 Å². The molecule has 0 saturated carbocycles. The van der Waals surface area contributed by atoms with Gasteiger partial charge in [-0.3, -0.25) is 0 Å². The average Bonchev–Trinajstić information content (AvgIpc) is 2.95. The molecular weight excluding hydrogens is 250 g/mol. The molecule has 1 aromatic carbocycles. The number of imidazole rings is 1. The molecule has 0 aliphatic rings. The van der Waals surface area contributed by atoms with Crippen LogP contribution in [0.25, 0.3) is 0 Å². The first-order valence-electron chi connectivity index (χ1n) is 7.15. The molecule has 0 bridgehead atoms. The van der Waals surface area contributed by atoms with E-state index in [-0.39, 0.29) is 0 Å². The lowest BCUT2D eigenvalue weighted by Gasteiger charge is -2.10. The van der Waals surface area contributed by atoms with E-state index < -0.39 is 0 Å². The predicted octanol–water partition coefficient (Wildman–Crippen LogP) is 2.85. The molecule has 0 saturated heterocycles. The van der Waals surface area contributed by atoms with E-state index in [2.05, 4.69) is 40.8 Å². The van der Waals surface area contributed by atoms with Crippen LogP contribution in [0.3, 0.4) is 0 Å². The van der Waals surface area contributed by atoms with Crippen molar-refractivity contribution in [2.45, 2.75) is 39.4 Å². The standard InChI is InChI=1S/C16H23N3O/c1-14(2)18-12-15-5-3-6-16(11-15)20-10-4-8-19-9-7-17-13-19/h3,5-7,9,11,13-14,18H,4,8,10,12H2,1-2H3. The molecule has 0 aliphatic heterocycles. The third-order valence-corrected chi connectivity index (χ3v) is 3.00. The Morgan fingerprint density at radius 1 is 1.35 bits per heavy atom. The summed E-state index contributed by atoms with van der Waals surface area (Å²) < 4.78 is 7.85. The number of rotatable bonds is 8. The molecule has 2 aromatic rings. The van der Waals surface area contributed by atoms with E-state index >= 15 is 0 Å². The van der Waals surface area contributed by atoms with Crippen LogP contribution in [0.5, 0.6) is 5.75 Å².